The predicted molar refractivity (Wildman–Crippen MR) is 152 cm³/mol. The number of anilines is 3. The summed E-state index contributed by atoms with van der Waals surface area (Å²) >= 11 is 0. The number of amides is 3. The van der Waals surface area contributed by atoms with Crippen LogP contribution in [0.25, 0.3) is 10.9 Å². The first kappa shape index (κ1) is 25.8. The zero-order valence-corrected chi connectivity index (χ0v) is 22.8. The van der Waals surface area contributed by atoms with Gasteiger partial charge in [-0.15, -0.1) is 0 Å². The third kappa shape index (κ3) is 5.70. The number of likely N-dealkylation sites (N-methyl/N-ethyl adjacent to an activating group) is 1. The number of urea groups is 1. The molecule has 0 aliphatic carbocycles. The second-order valence-corrected chi connectivity index (χ2v) is 11.2. The van der Waals surface area contributed by atoms with Gasteiger partial charge in [-0.3, -0.25) is 4.57 Å². The van der Waals surface area contributed by atoms with E-state index in [9.17, 15) is 9.59 Å². The van der Waals surface area contributed by atoms with E-state index in [4.69, 9.17) is 0 Å². The molecule has 0 bridgehead atoms. The minimum absolute atomic E-state index is 0.0390. The van der Waals surface area contributed by atoms with Gasteiger partial charge in [0.2, 0.25) is 0 Å². The number of rotatable bonds is 3. The molecule has 2 aliphatic heterocycles. The van der Waals surface area contributed by atoms with Crippen LogP contribution in [0.5, 0.6) is 0 Å². The van der Waals surface area contributed by atoms with Gasteiger partial charge in [-0.2, -0.15) is 0 Å². The Morgan fingerprint density at radius 2 is 1.61 bits per heavy atom. The normalized spacial score (nSPS) is 17.1. The summed E-state index contributed by atoms with van der Waals surface area (Å²) in [7, 11) is 2.07. The number of carbonyl (C=O) groups is 2. The van der Waals surface area contributed by atoms with Crippen molar-refractivity contribution in [1.82, 2.24) is 24.3 Å². The number of pyridine rings is 1. The Morgan fingerprint density at radius 1 is 0.895 bits per heavy atom. The standard InChI is InChI=1S/C28H38N8O2/c1-28(2,3)31-23-6-5-10-29-25(23)33-16-18-35(19-17-33)27(38)36-11-9-21-20-22(7-8-24(21)36)30-26(37)34-14-12-32(4)13-15-34/h5-11,20,31H,12-19H2,1-4H3,(H,30,37). The van der Waals surface area contributed by atoms with Crippen molar-refractivity contribution in [2.24, 2.45) is 0 Å². The van der Waals surface area contributed by atoms with Crippen molar-refractivity contribution in [2.45, 2.75) is 26.3 Å². The van der Waals surface area contributed by atoms with E-state index < -0.39 is 0 Å². The van der Waals surface area contributed by atoms with Gasteiger partial charge < -0.3 is 30.2 Å². The first-order valence-electron chi connectivity index (χ1n) is 13.3. The SMILES string of the molecule is CN1CCN(C(=O)Nc2ccc3c(ccn3C(=O)N3CCN(c4ncccc4NC(C)(C)C)CC3)c2)CC1. The summed E-state index contributed by atoms with van der Waals surface area (Å²) in [5, 5.41) is 7.46. The molecule has 2 N–H and O–H groups in total. The van der Waals surface area contributed by atoms with E-state index >= 15 is 0 Å². The number of hydrogen-bond acceptors (Lipinski definition) is 6. The van der Waals surface area contributed by atoms with Crippen LogP contribution in [0.2, 0.25) is 0 Å². The van der Waals surface area contributed by atoms with E-state index in [-0.39, 0.29) is 17.6 Å². The molecule has 1 aromatic carbocycles. The summed E-state index contributed by atoms with van der Waals surface area (Å²) in [6, 6.07) is 11.5. The van der Waals surface area contributed by atoms with E-state index in [2.05, 4.69) is 59.3 Å². The summed E-state index contributed by atoms with van der Waals surface area (Å²) in [6.07, 6.45) is 3.63. The maximum Gasteiger partial charge on any atom is 0.328 e. The molecule has 0 atom stereocenters. The van der Waals surface area contributed by atoms with E-state index in [0.29, 0.717) is 26.2 Å². The average Bonchev–Trinajstić information content (AvgIpc) is 3.31. The van der Waals surface area contributed by atoms with Gasteiger partial charge in [0.1, 0.15) is 0 Å². The van der Waals surface area contributed by atoms with Crippen LogP contribution < -0.4 is 15.5 Å². The first-order valence-corrected chi connectivity index (χ1v) is 13.3. The van der Waals surface area contributed by atoms with Crippen molar-refractivity contribution in [1.29, 1.82) is 0 Å². The topological polar surface area (TPSA) is 89.0 Å². The number of nitrogens with one attached hydrogen (secondary N) is 2. The Labute approximate surface area is 224 Å². The lowest BCUT2D eigenvalue weighted by Gasteiger charge is -2.37. The third-order valence-electron chi connectivity index (χ3n) is 7.08. The summed E-state index contributed by atoms with van der Waals surface area (Å²) in [4.78, 5) is 38.9. The molecule has 0 saturated carbocycles. The van der Waals surface area contributed by atoms with Crippen molar-refractivity contribution in [3.8, 4) is 0 Å². The van der Waals surface area contributed by atoms with Crippen molar-refractivity contribution in [3.63, 3.8) is 0 Å². The Bertz CT molecular complexity index is 1300. The Hall–Kier alpha value is -3.79. The largest absolute Gasteiger partial charge is 0.377 e. The minimum Gasteiger partial charge on any atom is -0.377 e. The lowest BCUT2D eigenvalue weighted by Crippen LogP contribution is -2.50. The van der Waals surface area contributed by atoms with Crippen LogP contribution in [-0.4, -0.2) is 101 Å². The molecule has 0 unspecified atom stereocenters. The summed E-state index contributed by atoms with van der Waals surface area (Å²) in [5.74, 6) is 0.923. The van der Waals surface area contributed by atoms with Crippen molar-refractivity contribution in [3.05, 3.63) is 48.8 Å². The van der Waals surface area contributed by atoms with Gasteiger partial charge >= 0.3 is 12.1 Å². The summed E-state index contributed by atoms with van der Waals surface area (Å²) < 4.78 is 1.70. The van der Waals surface area contributed by atoms with Gasteiger partial charge in [0.15, 0.2) is 5.82 Å². The molecule has 10 nitrogen and oxygen atoms in total. The van der Waals surface area contributed by atoms with Gasteiger partial charge in [-0.25, -0.2) is 14.6 Å². The average molecular weight is 519 g/mol. The molecule has 38 heavy (non-hydrogen) atoms. The molecule has 2 fully saturated rings. The number of hydrogen-bond donors (Lipinski definition) is 2. The number of nitrogens with zero attached hydrogens (tertiary/aromatic N) is 6. The first-order chi connectivity index (χ1) is 18.2. The smallest absolute Gasteiger partial charge is 0.328 e. The number of benzene rings is 1. The van der Waals surface area contributed by atoms with Crippen LogP contribution in [0.1, 0.15) is 20.8 Å². The molecule has 0 spiro atoms. The minimum atomic E-state index is -0.0837. The molecule has 5 rings (SSSR count). The van der Waals surface area contributed by atoms with Crippen LogP contribution in [-0.2, 0) is 0 Å². The highest BCUT2D eigenvalue weighted by Crippen LogP contribution is 2.27. The van der Waals surface area contributed by atoms with Crippen LogP contribution in [0.15, 0.2) is 48.8 Å². The lowest BCUT2D eigenvalue weighted by atomic mass is 10.1. The molecule has 2 aliphatic rings. The number of carbonyl (C=O) groups excluding carboxylic acids is 2. The van der Waals surface area contributed by atoms with Gasteiger partial charge in [0, 0.05) is 81.4 Å². The van der Waals surface area contributed by atoms with E-state index in [1.807, 2.05) is 52.5 Å². The molecule has 2 aromatic heterocycles. The van der Waals surface area contributed by atoms with Gasteiger partial charge in [0.25, 0.3) is 0 Å². The monoisotopic (exact) mass is 518 g/mol. The van der Waals surface area contributed by atoms with Crippen molar-refractivity contribution >= 4 is 40.2 Å². The molecule has 2 saturated heterocycles. The zero-order valence-electron chi connectivity index (χ0n) is 22.8. The van der Waals surface area contributed by atoms with Crippen LogP contribution >= 0.6 is 0 Å². The summed E-state index contributed by atoms with van der Waals surface area (Å²) in [6.45, 7) is 12.2. The molecule has 3 amide bonds. The lowest BCUT2D eigenvalue weighted by molar-refractivity contribution is 0.164. The van der Waals surface area contributed by atoms with Crippen molar-refractivity contribution in [2.75, 3.05) is 74.9 Å². The fourth-order valence-electron chi connectivity index (χ4n) is 5.01. The van der Waals surface area contributed by atoms with E-state index in [1.54, 1.807) is 4.57 Å². The number of piperazine rings is 2. The predicted octanol–water partition coefficient (Wildman–Crippen LogP) is 3.82. The van der Waals surface area contributed by atoms with Crippen molar-refractivity contribution < 1.29 is 9.59 Å². The van der Waals surface area contributed by atoms with Gasteiger partial charge in [-0.1, -0.05) is 0 Å². The van der Waals surface area contributed by atoms with E-state index in [1.165, 1.54) is 0 Å². The van der Waals surface area contributed by atoms with Gasteiger partial charge in [0.05, 0.1) is 11.2 Å². The molecular formula is C28H38N8O2. The second-order valence-electron chi connectivity index (χ2n) is 11.2. The molecule has 4 heterocycles. The van der Waals surface area contributed by atoms with E-state index in [0.717, 1.165) is 54.3 Å². The van der Waals surface area contributed by atoms with Crippen LogP contribution in [0.4, 0.5) is 26.8 Å². The highest BCUT2D eigenvalue weighted by molar-refractivity contribution is 5.96. The Morgan fingerprint density at radius 3 is 2.32 bits per heavy atom. The highest BCUT2D eigenvalue weighted by atomic mass is 16.2. The van der Waals surface area contributed by atoms with Crippen LogP contribution in [0, 0.1) is 0 Å². The fourth-order valence-corrected chi connectivity index (χ4v) is 5.01. The Kier molecular flexibility index (Phi) is 7.16. The highest BCUT2D eigenvalue weighted by Gasteiger charge is 2.26. The molecule has 10 heteroatoms. The summed E-state index contributed by atoms with van der Waals surface area (Å²) in [5.41, 5.74) is 2.50. The maximum absolute atomic E-state index is 13.4. The van der Waals surface area contributed by atoms with Gasteiger partial charge in [-0.05, 0) is 64.2 Å². The number of fused-ring (bicyclic) bond motifs is 1. The van der Waals surface area contributed by atoms with Crippen LogP contribution in [0.3, 0.4) is 0 Å². The molecule has 3 aromatic rings. The fraction of sp³-hybridized carbons (Fsp3) is 0.464. The molecule has 0 radical (unpaired) electrons. The third-order valence-corrected chi connectivity index (χ3v) is 7.08. The Balaban J connectivity index is 1.22. The molecule has 202 valence electrons. The maximum atomic E-state index is 13.4. The second kappa shape index (κ2) is 10.5. The quantitative estimate of drug-likeness (QED) is 0.548. The zero-order chi connectivity index (χ0) is 26.9. The molecular weight excluding hydrogens is 480 g/mol. The number of aromatic nitrogens is 2.